The number of benzene rings is 3. The van der Waals surface area contributed by atoms with E-state index in [0.717, 1.165) is 26.6 Å². The van der Waals surface area contributed by atoms with E-state index >= 15 is 0 Å². The Bertz CT molecular complexity index is 1100. The van der Waals surface area contributed by atoms with Crippen LogP contribution in [0.25, 0.3) is 10.8 Å². The molecule has 3 aromatic rings. The summed E-state index contributed by atoms with van der Waals surface area (Å²) >= 11 is 15.7. The molecule has 0 aliphatic carbocycles. The molecule has 0 spiro atoms. The third-order valence-corrected chi connectivity index (χ3v) is 6.02. The summed E-state index contributed by atoms with van der Waals surface area (Å²) in [6.07, 6.45) is -0.184. The van der Waals surface area contributed by atoms with Gasteiger partial charge in [-0.1, -0.05) is 41.4 Å². The highest BCUT2D eigenvalue weighted by Gasteiger charge is 2.19. The van der Waals surface area contributed by atoms with Gasteiger partial charge in [0.1, 0.15) is 11.5 Å². The van der Waals surface area contributed by atoms with Crippen molar-refractivity contribution in [1.29, 1.82) is 0 Å². The Hall–Kier alpha value is -2.08. The van der Waals surface area contributed by atoms with Crippen LogP contribution in [0.2, 0.25) is 10.0 Å². The van der Waals surface area contributed by atoms with Crippen molar-refractivity contribution in [3.8, 4) is 5.75 Å². The summed E-state index contributed by atoms with van der Waals surface area (Å²) in [6, 6.07) is 14.7. The fraction of sp³-hybridized carbons (Fsp3) is 0.182. The summed E-state index contributed by atoms with van der Waals surface area (Å²) in [4.78, 5) is 25.8. The van der Waals surface area contributed by atoms with Crippen LogP contribution in [0.15, 0.2) is 53.0 Å². The van der Waals surface area contributed by atoms with Gasteiger partial charge in [-0.15, -0.1) is 0 Å². The molecular formula is C22H18BrCl2NO3. The molecule has 0 aromatic heterocycles. The minimum Gasteiger partial charge on any atom is -0.496 e. The second kappa shape index (κ2) is 9.16. The Morgan fingerprint density at radius 1 is 1.03 bits per heavy atom. The SMILES string of the molecule is COc1ccc2cc(CN(C(=O)CC(C)=O)c3ccc(Cl)c(Cl)c3)ccc2c1Br. The van der Waals surface area contributed by atoms with Gasteiger partial charge in [-0.3, -0.25) is 9.59 Å². The number of hydrogen-bond donors (Lipinski definition) is 0. The second-order valence-corrected chi connectivity index (χ2v) is 8.20. The third kappa shape index (κ3) is 4.92. The Labute approximate surface area is 187 Å². The number of ketones is 1. The summed E-state index contributed by atoms with van der Waals surface area (Å²) in [6.45, 7) is 1.69. The van der Waals surface area contributed by atoms with Gasteiger partial charge in [-0.2, -0.15) is 0 Å². The van der Waals surface area contributed by atoms with Crippen LogP contribution in [0.4, 0.5) is 5.69 Å². The van der Waals surface area contributed by atoms with Crippen LogP contribution in [0.1, 0.15) is 18.9 Å². The topological polar surface area (TPSA) is 46.6 Å². The van der Waals surface area contributed by atoms with E-state index in [1.165, 1.54) is 6.92 Å². The zero-order valence-corrected chi connectivity index (χ0v) is 18.9. The van der Waals surface area contributed by atoms with Gasteiger partial charge in [0.15, 0.2) is 0 Å². The average molecular weight is 495 g/mol. The molecule has 0 fully saturated rings. The monoisotopic (exact) mass is 493 g/mol. The molecule has 0 heterocycles. The molecule has 3 rings (SSSR count). The lowest BCUT2D eigenvalue weighted by Gasteiger charge is -2.23. The molecule has 0 bridgehead atoms. The number of amides is 1. The van der Waals surface area contributed by atoms with Gasteiger partial charge in [-0.05, 0) is 69.5 Å². The van der Waals surface area contributed by atoms with Crippen molar-refractivity contribution >= 4 is 67.3 Å². The molecule has 1 amide bonds. The summed E-state index contributed by atoms with van der Waals surface area (Å²) in [5, 5.41) is 2.76. The molecule has 0 aliphatic rings. The zero-order chi connectivity index (χ0) is 21.1. The lowest BCUT2D eigenvalue weighted by molar-refractivity contribution is -0.125. The Morgan fingerprint density at radius 2 is 1.79 bits per heavy atom. The smallest absolute Gasteiger partial charge is 0.234 e. The number of carbonyl (C=O) groups is 2. The molecule has 0 saturated carbocycles. The maximum absolute atomic E-state index is 12.8. The summed E-state index contributed by atoms with van der Waals surface area (Å²) in [5.41, 5.74) is 1.50. The number of carbonyl (C=O) groups excluding carboxylic acids is 2. The number of rotatable bonds is 6. The molecule has 0 unspecified atom stereocenters. The Balaban J connectivity index is 1.99. The minimum absolute atomic E-state index is 0.184. The van der Waals surface area contributed by atoms with Gasteiger partial charge in [0, 0.05) is 5.69 Å². The fourth-order valence-electron chi connectivity index (χ4n) is 3.04. The highest BCUT2D eigenvalue weighted by molar-refractivity contribution is 9.10. The molecule has 0 atom stereocenters. The maximum atomic E-state index is 12.8. The van der Waals surface area contributed by atoms with Crippen LogP contribution in [0.5, 0.6) is 5.75 Å². The van der Waals surface area contributed by atoms with Crippen molar-refractivity contribution in [2.24, 2.45) is 0 Å². The Morgan fingerprint density at radius 3 is 2.45 bits per heavy atom. The normalized spacial score (nSPS) is 10.8. The lowest BCUT2D eigenvalue weighted by Crippen LogP contribution is -2.31. The number of ether oxygens (including phenoxy) is 1. The second-order valence-electron chi connectivity index (χ2n) is 6.59. The quantitative estimate of drug-likeness (QED) is 0.371. The highest BCUT2D eigenvalue weighted by atomic mass is 79.9. The van der Waals surface area contributed by atoms with Gasteiger partial charge < -0.3 is 9.64 Å². The molecule has 150 valence electrons. The number of fused-ring (bicyclic) bond motifs is 1. The van der Waals surface area contributed by atoms with Crippen molar-refractivity contribution in [2.75, 3.05) is 12.0 Å². The maximum Gasteiger partial charge on any atom is 0.234 e. The fourth-order valence-corrected chi connectivity index (χ4v) is 3.99. The van der Waals surface area contributed by atoms with Gasteiger partial charge >= 0.3 is 0 Å². The van der Waals surface area contributed by atoms with Gasteiger partial charge in [0.05, 0.1) is 34.6 Å². The van der Waals surface area contributed by atoms with Crippen LogP contribution >= 0.6 is 39.1 Å². The number of nitrogens with zero attached hydrogens (tertiary/aromatic N) is 1. The van der Waals surface area contributed by atoms with Crippen molar-refractivity contribution < 1.29 is 14.3 Å². The van der Waals surface area contributed by atoms with Crippen LogP contribution in [0.3, 0.4) is 0 Å². The molecule has 3 aromatic carbocycles. The lowest BCUT2D eigenvalue weighted by atomic mass is 10.1. The van der Waals surface area contributed by atoms with Crippen molar-refractivity contribution in [3.05, 3.63) is 68.6 Å². The number of Topliss-reactive ketones (excluding diaryl/α,β-unsaturated/α-hetero) is 1. The molecule has 29 heavy (non-hydrogen) atoms. The van der Waals surface area contributed by atoms with E-state index in [0.29, 0.717) is 22.3 Å². The molecule has 4 nitrogen and oxygen atoms in total. The van der Waals surface area contributed by atoms with Crippen molar-refractivity contribution in [1.82, 2.24) is 0 Å². The van der Waals surface area contributed by atoms with Gasteiger partial charge in [0.25, 0.3) is 0 Å². The first kappa shape index (κ1) is 21.6. The van der Waals surface area contributed by atoms with Crippen molar-refractivity contribution in [3.63, 3.8) is 0 Å². The first-order valence-electron chi connectivity index (χ1n) is 8.80. The number of anilines is 1. The number of hydrogen-bond acceptors (Lipinski definition) is 3. The summed E-state index contributed by atoms with van der Waals surface area (Å²) in [7, 11) is 1.62. The van der Waals surface area contributed by atoms with Gasteiger partial charge in [-0.25, -0.2) is 0 Å². The number of halogens is 3. The third-order valence-electron chi connectivity index (χ3n) is 4.46. The van der Waals surface area contributed by atoms with E-state index in [4.69, 9.17) is 27.9 Å². The van der Waals surface area contributed by atoms with Crippen molar-refractivity contribution in [2.45, 2.75) is 19.9 Å². The minimum atomic E-state index is -0.299. The first-order chi connectivity index (χ1) is 13.8. The van der Waals surface area contributed by atoms with E-state index in [1.54, 1.807) is 30.2 Å². The van der Waals surface area contributed by atoms with E-state index in [9.17, 15) is 9.59 Å². The molecule has 0 saturated heterocycles. The first-order valence-corrected chi connectivity index (χ1v) is 10.3. The predicted molar refractivity (Wildman–Crippen MR) is 121 cm³/mol. The van der Waals surface area contributed by atoms with Gasteiger partial charge in [0.2, 0.25) is 5.91 Å². The number of methoxy groups -OCH3 is 1. The summed E-state index contributed by atoms with van der Waals surface area (Å²) < 4.78 is 6.21. The van der Waals surface area contributed by atoms with E-state index in [-0.39, 0.29) is 18.1 Å². The summed E-state index contributed by atoms with van der Waals surface area (Å²) in [5.74, 6) is 0.251. The van der Waals surface area contributed by atoms with E-state index in [2.05, 4.69) is 15.9 Å². The molecule has 7 heteroatoms. The standard InChI is InChI=1S/C22H18BrCl2NO3/c1-13(27)9-21(28)26(16-5-7-18(24)19(25)11-16)12-14-3-6-17-15(10-14)4-8-20(29-2)22(17)23/h3-8,10-11H,9,12H2,1-2H3. The molecule has 0 radical (unpaired) electrons. The zero-order valence-electron chi connectivity index (χ0n) is 15.8. The molecular weight excluding hydrogens is 477 g/mol. The average Bonchev–Trinajstić information content (AvgIpc) is 2.68. The van der Waals surface area contributed by atoms with Crippen LogP contribution in [-0.2, 0) is 16.1 Å². The van der Waals surface area contributed by atoms with Crippen LogP contribution in [-0.4, -0.2) is 18.8 Å². The van der Waals surface area contributed by atoms with Crippen LogP contribution < -0.4 is 9.64 Å². The predicted octanol–water partition coefficient (Wildman–Crippen LogP) is 6.43. The Kier molecular flexibility index (Phi) is 6.83. The largest absolute Gasteiger partial charge is 0.496 e. The van der Waals surface area contributed by atoms with Crippen LogP contribution in [0, 0.1) is 0 Å². The van der Waals surface area contributed by atoms with E-state index < -0.39 is 0 Å². The van der Waals surface area contributed by atoms with E-state index in [1.807, 2.05) is 30.3 Å². The molecule has 0 aliphatic heterocycles. The molecule has 0 N–H and O–H groups in total. The highest BCUT2D eigenvalue weighted by Crippen LogP contribution is 2.34.